The monoisotopic (exact) mass is 213 g/mol. The van der Waals surface area contributed by atoms with Gasteiger partial charge >= 0.3 is 12.1 Å². The second kappa shape index (κ2) is 5.85. The molecule has 0 aromatic carbocycles. The smallest absolute Gasteiger partial charge is 0.390 e. The van der Waals surface area contributed by atoms with Gasteiger partial charge in [-0.3, -0.25) is 4.79 Å². The zero-order chi connectivity index (χ0) is 11.2. The maximum absolute atomic E-state index is 11.7. The first kappa shape index (κ1) is 13.2. The Kier molecular flexibility index (Phi) is 5.52. The van der Waals surface area contributed by atoms with Gasteiger partial charge in [0.05, 0.1) is 6.42 Å². The van der Waals surface area contributed by atoms with Crippen LogP contribution in [0.4, 0.5) is 13.2 Å². The molecule has 0 fully saturated rings. The van der Waals surface area contributed by atoms with Crippen molar-refractivity contribution in [2.24, 2.45) is 0 Å². The minimum absolute atomic E-state index is 0.0276. The molecule has 0 amide bonds. The van der Waals surface area contributed by atoms with Crippen LogP contribution in [0.3, 0.4) is 0 Å². The van der Waals surface area contributed by atoms with Crippen LogP contribution >= 0.6 is 0 Å². The average molecular weight is 213 g/mol. The fourth-order valence-electron chi connectivity index (χ4n) is 0.902. The predicted molar refractivity (Wildman–Crippen MR) is 45.0 cm³/mol. The lowest BCUT2D eigenvalue weighted by molar-refractivity contribution is -0.138. The van der Waals surface area contributed by atoms with Gasteiger partial charge in [-0.2, -0.15) is 13.2 Å². The van der Waals surface area contributed by atoms with Crippen LogP contribution in [0.1, 0.15) is 26.2 Å². The zero-order valence-corrected chi connectivity index (χ0v) is 7.90. The Morgan fingerprint density at radius 2 is 2.07 bits per heavy atom. The Hall–Kier alpha value is -0.780. The first-order valence-electron chi connectivity index (χ1n) is 4.33. The first-order valence-corrected chi connectivity index (χ1v) is 4.33. The summed E-state index contributed by atoms with van der Waals surface area (Å²) in [6.45, 7) is 1.50. The van der Waals surface area contributed by atoms with E-state index in [9.17, 15) is 18.0 Å². The van der Waals surface area contributed by atoms with E-state index in [4.69, 9.17) is 5.11 Å². The number of aliphatic carboxylic acids is 1. The van der Waals surface area contributed by atoms with Gasteiger partial charge in [0.15, 0.2) is 0 Å². The van der Waals surface area contributed by atoms with Crippen molar-refractivity contribution < 1.29 is 23.1 Å². The number of alkyl halides is 3. The topological polar surface area (TPSA) is 49.3 Å². The minimum atomic E-state index is -4.15. The van der Waals surface area contributed by atoms with Crippen molar-refractivity contribution in [2.75, 3.05) is 6.54 Å². The van der Waals surface area contributed by atoms with Crippen LogP contribution in [-0.4, -0.2) is 29.8 Å². The number of rotatable bonds is 6. The van der Waals surface area contributed by atoms with Gasteiger partial charge in [0.2, 0.25) is 0 Å². The molecule has 0 aliphatic heterocycles. The van der Waals surface area contributed by atoms with E-state index in [-0.39, 0.29) is 19.0 Å². The highest BCUT2D eigenvalue weighted by molar-refractivity contribution is 5.66. The second-order valence-corrected chi connectivity index (χ2v) is 3.15. The third kappa shape index (κ3) is 9.31. The lowest BCUT2D eigenvalue weighted by Gasteiger charge is -2.13. The third-order valence-corrected chi connectivity index (χ3v) is 1.69. The Balaban J connectivity index is 3.45. The Morgan fingerprint density at radius 1 is 1.50 bits per heavy atom. The van der Waals surface area contributed by atoms with Crippen LogP contribution in [0.2, 0.25) is 0 Å². The molecule has 0 heterocycles. The standard InChI is InChI=1S/C8H14F3NO2/c1-6(2-3-7(13)14)12-5-4-8(9,10)11/h6,12H,2-5H2,1H3,(H,13,14). The van der Waals surface area contributed by atoms with Crippen molar-refractivity contribution in [1.82, 2.24) is 5.32 Å². The number of halogens is 3. The summed E-state index contributed by atoms with van der Waals surface area (Å²) >= 11 is 0. The molecule has 2 N–H and O–H groups in total. The van der Waals surface area contributed by atoms with Crippen molar-refractivity contribution >= 4 is 5.97 Å². The quantitative estimate of drug-likeness (QED) is 0.707. The number of nitrogens with one attached hydrogen (secondary N) is 1. The maximum atomic E-state index is 11.7. The van der Waals surface area contributed by atoms with E-state index >= 15 is 0 Å². The Bertz CT molecular complexity index is 182. The summed E-state index contributed by atoms with van der Waals surface area (Å²) in [4.78, 5) is 10.1. The van der Waals surface area contributed by atoms with Gasteiger partial charge in [-0.05, 0) is 13.3 Å². The lowest BCUT2D eigenvalue weighted by Crippen LogP contribution is -2.30. The molecule has 0 saturated heterocycles. The van der Waals surface area contributed by atoms with Crippen LogP contribution in [0.25, 0.3) is 0 Å². The fraction of sp³-hybridized carbons (Fsp3) is 0.875. The molecule has 3 nitrogen and oxygen atoms in total. The van der Waals surface area contributed by atoms with Crippen LogP contribution in [0.5, 0.6) is 0 Å². The van der Waals surface area contributed by atoms with Gasteiger partial charge in [0.1, 0.15) is 0 Å². The van der Waals surface area contributed by atoms with Crippen molar-refractivity contribution in [3.8, 4) is 0 Å². The van der Waals surface area contributed by atoms with Crippen molar-refractivity contribution in [3.63, 3.8) is 0 Å². The summed E-state index contributed by atoms with van der Waals surface area (Å²) in [6, 6.07) is -0.201. The van der Waals surface area contributed by atoms with Crippen LogP contribution < -0.4 is 5.32 Å². The molecule has 0 spiro atoms. The van der Waals surface area contributed by atoms with Gasteiger partial charge in [-0.25, -0.2) is 0 Å². The largest absolute Gasteiger partial charge is 0.481 e. The molecule has 0 aliphatic rings. The summed E-state index contributed by atoms with van der Waals surface area (Å²) < 4.78 is 35.1. The van der Waals surface area contributed by atoms with E-state index < -0.39 is 18.6 Å². The molecule has 0 saturated carbocycles. The Morgan fingerprint density at radius 3 is 2.50 bits per heavy atom. The Labute approximate surface area is 80.3 Å². The number of carboxylic acid groups (broad SMARTS) is 1. The lowest BCUT2D eigenvalue weighted by atomic mass is 10.2. The van der Waals surface area contributed by atoms with E-state index in [0.717, 1.165) is 0 Å². The van der Waals surface area contributed by atoms with Crippen LogP contribution in [-0.2, 0) is 4.79 Å². The van der Waals surface area contributed by atoms with Gasteiger partial charge in [-0.15, -0.1) is 0 Å². The molecular weight excluding hydrogens is 199 g/mol. The molecule has 6 heteroatoms. The van der Waals surface area contributed by atoms with Crippen molar-refractivity contribution in [3.05, 3.63) is 0 Å². The number of hydrogen-bond acceptors (Lipinski definition) is 2. The normalized spacial score (nSPS) is 14.0. The van der Waals surface area contributed by atoms with Crippen LogP contribution in [0.15, 0.2) is 0 Å². The van der Waals surface area contributed by atoms with Gasteiger partial charge in [0, 0.05) is 19.0 Å². The van der Waals surface area contributed by atoms with Crippen molar-refractivity contribution in [2.45, 2.75) is 38.4 Å². The van der Waals surface area contributed by atoms with Gasteiger partial charge in [-0.1, -0.05) is 0 Å². The van der Waals surface area contributed by atoms with E-state index in [1.54, 1.807) is 6.92 Å². The van der Waals surface area contributed by atoms with E-state index in [1.807, 2.05) is 0 Å². The minimum Gasteiger partial charge on any atom is -0.481 e. The SMILES string of the molecule is CC(CCC(=O)O)NCCC(F)(F)F. The summed E-state index contributed by atoms with van der Waals surface area (Å²) in [5.41, 5.74) is 0. The highest BCUT2D eigenvalue weighted by Crippen LogP contribution is 2.18. The van der Waals surface area contributed by atoms with E-state index in [2.05, 4.69) is 5.32 Å². The van der Waals surface area contributed by atoms with E-state index in [1.165, 1.54) is 0 Å². The van der Waals surface area contributed by atoms with E-state index in [0.29, 0.717) is 6.42 Å². The van der Waals surface area contributed by atoms with Crippen LogP contribution in [0, 0.1) is 0 Å². The number of carbonyl (C=O) groups is 1. The molecule has 0 rings (SSSR count). The zero-order valence-electron chi connectivity index (χ0n) is 7.90. The van der Waals surface area contributed by atoms with Crippen molar-refractivity contribution in [1.29, 1.82) is 0 Å². The second-order valence-electron chi connectivity index (χ2n) is 3.15. The molecule has 84 valence electrons. The highest BCUT2D eigenvalue weighted by atomic mass is 19.4. The predicted octanol–water partition coefficient (Wildman–Crippen LogP) is 1.78. The molecular formula is C8H14F3NO2. The third-order valence-electron chi connectivity index (χ3n) is 1.69. The molecule has 0 bridgehead atoms. The summed E-state index contributed by atoms with van der Waals surface area (Å²) in [7, 11) is 0. The summed E-state index contributed by atoms with van der Waals surface area (Å²) in [5, 5.41) is 10.9. The maximum Gasteiger partial charge on any atom is 0.390 e. The van der Waals surface area contributed by atoms with Gasteiger partial charge < -0.3 is 10.4 Å². The molecule has 0 aromatic rings. The van der Waals surface area contributed by atoms with Gasteiger partial charge in [0.25, 0.3) is 0 Å². The number of hydrogen-bond donors (Lipinski definition) is 2. The average Bonchev–Trinajstić information content (AvgIpc) is 1.98. The molecule has 0 aliphatic carbocycles. The molecule has 0 radical (unpaired) electrons. The first-order chi connectivity index (χ1) is 6.31. The molecule has 14 heavy (non-hydrogen) atoms. The number of carboxylic acids is 1. The molecule has 0 aromatic heterocycles. The summed E-state index contributed by atoms with van der Waals surface area (Å²) in [5.74, 6) is -0.936. The highest BCUT2D eigenvalue weighted by Gasteiger charge is 2.26. The molecule has 1 unspecified atom stereocenters. The summed E-state index contributed by atoms with van der Waals surface area (Å²) in [6.07, 6.45) is -4.72. The molecule has 1 atom stereocenters. The fourth-order valence-corrected chi connectivity index (χ4v) is 0.902.